The zero-order valence-corrected chi connectivity index (χ0v) is 15.1. The summed E-state index contributed by atoms with van der Waals surface area (Å²) in [6, 6.07) is 10.6. The summed E-state index contributed by atoms with van der Waals surface area (Å²) in [7, 11) is 4.54. The molecule has 0 radical (unpaired) electrons. The molecule has 0 fully saturated rings. The van der Waals surface area contributed by atoms with Crippen LogP contribution in [0.4, 0.5) is 0 Å². The Balaban J connectivity index is 1.84. The predicted molar refractivity (Wildman–Crippen MR) is 98.1 cm³/mol. The standard InChI is InChI=1S/C19H21N3O4/c1-11(18-21-13-7-5-6-8-14(13)22-18)20-19(23)12-9-15(24-2)17(26-4)16(10-12)25-3/h5-11H,1-4H3,(H,20,23)(H,21,22)/t11-/m0/s1. The van der Waals surface area contributed by atoms with Gasteiger partial charge < -0.3 is 24.5 Å². The number of nitrogens with zero attached hydrogens (tertiary/aromatic N) is 1. The second kappa shape index (κ2) is 7.35. The Labute approximate surface area is 151 Å². The summed E-state index contributed by atoms with van der Waals surface area (Å²) in [6.45, 7) is 1.87. The van der Waals surface area contributed by atoms with E-state index in [0.29, 0.717) is 28.6 Å². The maximum absolute atomic E-state index is 12.7. The highest BCUT2D eigenvalue weighted by atomic mass is 16.5. The van der Waals surface area contributed by atoms with Crippen molar-refractivity contribution in [1.29, 1.82) is 0 Å². The van der Waals surface area contributed by atoms with Crippen LogP contribution in [-0.2, 0) is 0 Å². The Morgan fingerprint density at radius 2 is 1.73 bits per heavy atom. The van der Waals surface area contributed by atoms with Crippen LogP contribution in [0.3, 0.4) is 0 Å². The van der Waals surface area contributed by atoms with Crippen LogP contribution in [-0.4, -0.2) is 37.2 Å². The van der Waals surface area contributed by atoms with Gasteiger partial charge in [-0.25, -0.2) is 4.98 Å². The molecular weight excluding hydrogens is 334 g/mol. The molecule has 0 unspecified atom stereocenters. The highest BCUT2D eigenvalue weighted by Crippen LogP contribution is 2.38. The molecule has 0 aliphatic rings. The molecule has 0 bridgehead atoms. The number of imidazole rings is 1. The third kappa shape index (κ3) is 3.28. The number of benzene rings is 2. The lowest BCUT2D eigenvalue weighted by atomic mass is 10.1. The average molecular weight is 355 g/mol. The van der Waals surface area contributed by atoms with Crippen molar-refractivity contribution < 1.29 is 19.0 Å². The summed E-state index contributed by atoms with van der Waals surface area (Å²) in [5.74, 6) is 1.71. The largest absolute Gasteiger partial charge is 0.493 e. The summed E-state index contributed by atoms with van der Waals surface area (Å²) in [5.41, 5.74) is 2.19. The number of carbonyl (C=O) groups is 1. The molecule has 0 saturated carbocycles. The van der Waals surface area contributed by atoms with Gasteiger partial charge in [0.1, 0.15) is 5.82 Å². The van der Waals surface area contributed by atoms with Crippen LogP contribution >= 0.6 is 0 Å². The first-order chi connectivity index (χ1) is 12.6. The fourth-order valence-corrected chi connectivity index (χ4v) is 2.74. The minimum absolute atomic E-state index is 0.266. The topological polar surface area (TPSA) is 85.5 Å². The van der Waals surface area contributed by atoms with Gasteiger partial charge in [-0.15, -0.1) is 0 Å². The monoisotopic (exact) mass is 355 g/mol. The second-order valence-corrected chi connectivity index (χ2v) is 5.75. The van der Waals surface area contributed by atoms with E-state index in [4.69, 9.17) is 14.2 Å². The Bertz CT molecular complexity index is 877. The molecule has 7 nitrogen and oxygen atoms in total. The third-order valence-corrected chi connectivity index (χ3v) is 4.09. The maximum atomic E-state index is 12.7. The number of hydrogen-bond donors (Lipinski definition) is 2. The predicted octanol–water partition coefficient (Wildman–Crippen LogP) is 3.08. The second-order valence-electron chi connectivity index (χ2n) is 5.75. The van der Waals surface area contributed by atoms with Gasteiger partial charge in [-0.05, 0) is 31.2 Å². The molecule has 3 aromatic rings. The molecule has 136 valence electrons. The number of H-pyrrole nitrogens is 1. The molecule has 3 rings (SSSR count). The summed E-state index contributed by atoms with van der Waals surface area (Å²) in [5, 5.41) is 2.93. The lowest BCUT2D eigenvalue weighted by Gasteiger charge is -2.15. The highest BCUT2D eigenvalue weighted by Gasteiger charge is 2.19. The van der Waals surface area contributed by atoms with Gasteiger partial charge in [0.2, 0.25) is 5.75 Å². The van der Waals surface area contributed by atoms with Gasteiger partial charge in [0.25, 0.3) is 5.91 Å². The zero-order valence-electron chi connectivity index (χ0n) is 15.1. The smallest absolute Gasteiger partial charge is 0.252 e. The highest BCUT2D eigenvalue weighted by molar-refractivity contribution is 5.96. The van der Waals surface area contributed by atoms with E-state index in [1.807, 2.05) is 31.2 Å². The van der Waals surface area contributed by atoms with Crippen molar-refractivity contribution in [2.75, 3.05) is 21.3 Å². The van der Waals surface area contributed by atoms with Crippen molar-refractivity contribution in [2.24, 2.45) is 0 Å². The minimum atomic E-state index is -0.297. The summed E-state index contributed by atoms with van der Waals surface area (Å²) in [6.07, 6.45) is 0. The quantitative estimate of drug-likeness (QED) is 0.710. The number of amides is 1. The molecule has 2 aromatic carbocycles. The van der Waals surface area contributed by atoms with E-state index in [1.165, 1.54) is 21.3 Å². The first-order valence-electron chi connectivity index (χ1n) is 8.13. The van der Waals surface area contributed by atoms with Gasteiger partial charge in [-0.3, -0.25) is 4.79 Å². The molecule has 0 spiro atoms. The molecule has 2 N–H and O–H groups in total. The number of carbonyl (C=O) groups excluding carboxylic acids is 1. The molecule has 26 heavy (non-hydrogen) atoms. The zero-order chi connectivity index (χ0) is 18.7. The number of para-hydroxylation sites is 2. The number of ether oxygens (including phenoxy) is 3. The van der Waals surface area contributed by atoms with Gasteiger partial charge in [-0.2, -0.15) is 0 Å². The van der Waals surface area contributed by atoms with E-state index in [9.17, 15) is 4.79 Å². The summed E-state index contributed by atoms with van der Waals surface area (Å²) >= 11 is 0. The Hall–Kier alpha value is -3.22. The van der Waals surface area contributed by atoms with Crippen molar-refractivity contribution in [3.05, 3.63) is 47.8 Å². The van der Waals surface area contributed by atoms with Crippen molar-refractivity contribution >= 4 is 16.9 Å². The molecule has 1 heterocycles. The molecule has 7 heteroatoms. The van der Waals surface area contributed by atoms with Crippen LogP contribution in [0.15, 0.2) is 36.4 Å². The van der Waals surface area contributed by atoms with E-state index in [0.717, 1.165) is 11.0 Å². The number of fused-ring (bicyclic) bond motifs is 1. The van der Waals surface area contributed by atoms with Crippen LogP contribution in [0.25, 0.3) is 11.0 Å². The van der Waals surface area contributed by atoms with E-state index < -0.39 is 0 Å². The Kier molecular flexibility index (Phi) is 4.97. The first-order valence-corrected chi connectivity index (χ1v) is 8.13. The van der Waals surface area contributed by atoms with Crippen LogP contribution < -0.4 is 19.5 Å². The molecule has 1 aromatic heterocycles. The fourth-order valence-electron chi connectivity index (χ4n) is 2.74. The Morgan fingerprint density at radius 1 is 1.08 bits per heavy atom. The average Bonchev–Trinajstić information content (AvgIpc) is 3.11. The number of aromatic amines is 1. The van der Waals surface area contributed by atoms with E-state index in [-0.39, 0.29) is 11.9 Å². The van der Waals surface area contributed by atoms with Crippen molar-refractivity contribution in [3.63, 3.8) is 0 Å². The van der Waals surface area contributed by atoms with E-state index in [1.54, 1.807) is 12.1 Å². The van der Waals surface area contributed by atoms with Gasteiger partial charge >= 0.3 is 0 Å². The van der Waals surface area contributed by atoms with Gasteiger partial charge in [0, 0.05) is 5.56 Å². The van der Waals surface area contributed by atoms with Crippen LogP contribution in [0, 0.1) is 0 Å². The summed E-state index contributed by atoms with van der Waals surface area (Å²) < 4.78 is 15.9. The van der Waals surface area contributed by atoms with Crippen molar-refractivity contribution in [1.82, 2.24) is 15.3 Å². The lowest BCUT2D eigenvalue weighted by molar-refractivity contribution is 0.0937. The van der Waals surface area contributed by atoms with Crippen molar-refractivity contribution in [3.8, 4) is 17.2 Å². The number of aromatic nitrogens is 2. The van der Waals surface area contributed by atoms with Crippen molar-refractivity contribution in [2.45, 2.75) is 13.0 Å². The van der Waals surface area contributed by atoms with E-state index >= 15 is 0 Å². The van der Waals surface area contributed by atoms with E-state index in [2.05, 4.69) is 15.3 Å². The number of rotatable bonds is 6. The lowest BCUT2D eigenvalue weighted by Crippen LogP contribution is -2.27. The minimum Gasteiger partial charge on any atom is -0.493 e. The third-order valence-electron chi connectivity index (χ3n) is 4.09. The molecular formula is C19H21N3O4. The number of hydrogen-bond acceptors (Lipinski definition) is 5. The molecule has 1 atom stereocenters. The van der Waals surface area contributed by atoms with Gasteiger partial charge in [0.15, 0.2) is 11.5 Å². The molecule has 0 aliphatic heterocycles. The molecule has 0 aliphatic carbocycles. The number of methoxy groups -OCH3 is 3. The maximum Gasteiger partial charge on any atom is 0.252 e. The fraction of sp³-hybridized carbons (Fsp3) is 0.263. The van der Waals surface area contributed by atoms with Gasteiger partial charge in [0.05, 0.1) is 38.4 Å². The van der Waals surface area contributed by atoms with Crippen LogP contribution in [0.5, 0.6) is 17.2 Å². The normalized spacial score (nSPS) is 11.8. The van der Waals surface area contributed by atoms with Crippen LogP contribution in [0.2, 0.25) is 0 Å². The molecule has 1 amide bonds. The summed E-state index contributed by atoms with van der Waals surface area (Å²) in [4.78, 5) is 20.4. The Morgan fingerprint density at radius 3 is 2.31 bits per heavy atom. The van der Waals surface area contributed by atoms with Crippen LogP contribution in [0.1, 0.15) is 29.1 Å². The first kappa shape index (κ1) is 17.6. The number of nitrogens with one attached hydrogen (secondary N) is 2. The SMILES string of the molecule is COc1cc(C(=O)N[C@@H](C)c2nc3ccccc3[nH]2)cc(OC)c1OC. The van der Waals surface area contributed by atoms with Gasteiger partial charge in [-0.1, -0.05) is 12.1 Å². The molecule has 0 saturated heterocycles.